The predicted molar refractivity (Wildman–Crippen MR) is 77.2 cm³/mol. The lowest BCUT2D eigenvalue weighted by atomic mass is 9.83. The quantitative estimate of drug-likeness (QED) is 0.863. The largest absolute Gasteiger partial charge is 0.396 e. The first-order valence-electron chi connectivity index (χ1n) is 6.23. The molecule has 0 atom stereocenters. The van der Waals surface area contributed by atoms with Gasteiger partial charge in [-0.15, -0.1) is 11.3 Å². The second-order valence-corrected chi connectivity index (χ2v) is 6.65. The van der Waals surface area contributed by atoms with Crippen LogP contribution in [0.1, 0.15) is 41.9 Å². The number of nitrogens with zero attached hydrogens (tertiary/aromatic N) is 2. The zero-order chi connectivity index (χ0) is 14.2. The van der Waals surface area contributed by atoms with Gasteiger partial charge in [0.15, 0.2) is 0 Å². The summed E-state index contributed by atoms with van der Waals surface area (Å²) in [6.07, 6.45) is 2.11. The topological polar surface area (TPSA) is 96.1 Å². The van der Waals surface area contributed by atoms with Crippen molar-refractivity contribution in [1.29, 1.82) is 5.26 Å². The van der Waals surface area contributed by atoms with Crippen molar-refractivity contribution in [3.8, 4) is 6.07 Å². The van der Waals surface area contributed by atoms with Crippen molar-refractivity contribution in [3.05, 3.63) is 10.4 Å². The molecular formula is C13H18N4OS. The molecule has 0 bridgehead atoms. The number of primary amides is 1. The number of nitriles is 1. The first-order valence-corrected chi connectivity index (χ1v) is 7.04. The van der Waals surface area contributed by atoms with E-state index in [2.05, 4.69) is 24.8 Å². The van der Waals surface area contributed by atoms with E-state index in [0.29, 0.717) is 11.0 Å². The second-order valence-electron chi connectivity index (χ2n) is 5.65. The monoisotopic (exact) mass is 278 g/mol. The van der Waals surface area contributed by atoms with E-state index >= 15 is 0 Å². The summed E-state index contributed by atoms with van der Waals surface area (Å²) in [6, 6.07) is 2.09. The lowest BCUT2D eigenvalue weighted by Gasteiger charge is -2.37. The van der Waals surface area contributed by atoms with Gasteiger partial charge in [0, 0.05) is 13.1 Å². The zero-order valence-electron chi connectivity index (χ0n) is 11.2. The second kappa shape index (κ2) is 4.74. The number of carbonyl (C=O) groups excluding carboxylic acids is 1. The van der Waals surface area contributed by atoms with Crippen LogP contribution in [0.15, 0.2) is 0 Å². The first kappa shape index (κ1) is 13.7. The van der Waals surface area contributed by atoms with Gasteiger partial charge >= 0.3 is 0 Å². The number of amides is 1. The molecule has 0 unspecified atom stereocenters. The van der Waals surface area contributed by atoms with Crippen LogP contribution in [-0.2, 0) is 0 Å². The van der Waals surface area contributed by atoms with Gasteiger partial charge in [-0.25, -0.2) is 0 Å². The average Bonchev–Trinajstić information content (AvgIpc) is 2.66. The number of anilines is 2. The van der Waals surface area contributed by atoms with E-state index in [9.17, 15) is 10.1 Å². The molecule has 1 aromatic rings. The van der Waals surface area contributed by atoms with E-state index in [1.165, 1.54) is 11.3 Å². The highest BCUT2D eigenvalue weighted by molar-refractivity contribution is 7.19. The highest BCUT2D eigenvalue weighted by Gasteiger charge is 2.29. The molecule has 1 fully saturated rings. The van der Waals surface area contributed by atoms with Crippen LogP contribution in [0.5, 0.6) is 0 Å². The number of piperidine rings is 1. The van der Waals surface area contributed by atoms with E-state index in [1.807, 2.05) is 0 Å². The number of thiophene rings is 1. The fourth-order valence-electron chi connectivity index (χ4n) is 2.26. The number of hydrogen-bond acceptors (Lipinski definition) is 5. The van der Waals surface area contributed by atoms with E-state index in [-0.39, 0.29) is 10.6 Å². The lowest BCUT2D eigenvalue weighted by Crippen LogP contribution is -2.37. The van der Waals surface area contributed by atoms with E-state index in [0.717, 1.165) is 30.9 Å². The Balaban J connectivity index is 2.34. The molecule has 102 valence electrons. The van der Waals surface area contributed by atoms with Crippen molar-refractivity contribution in [2.45, 2.75) is 26.7 Å². The minimum atomic E-state index is -0.567. The van der Waals surface area contributed by atoms with E-state index in [1.54, 1.807) is 0 Å². The van der Waals surface area contributed by atoms with Crippen LogP contribution < -0.4 is 16.4 Å². The minimum Gasteiger partial charge on any atom is -0.396 e. The minimum absolute atomic E-state index is 0.222. The molecule has 0 radical (unpaired) electrons. The molecule has 1 saturated heterocycles. The Kier molecular flexibility index (Phi) is 3.42. The van der Waals surface area contributed by atoms with Crippen LogP contribution in [0.3, 0.4) is 0 Å². The molecule has 1 aromatic heterocycles. The van der Waals surface area contributed by atoms with Gasteiger partial charge in [0.25, 0.3) is 5.91 Å². The van der Waals surface area contributed by atoms with Gasteiger partial charge in [-0.05, 0) is 18.3 Å². The molecule has 4 N–H and O–H groups in total. The van der Waals surface area contributed by atoms with Gasteiger partial charge in [-0.3, -0.25) is 4.79 Å². The number of carbonyl (C=O) groups is 1. The van der Waals surface area contributed by atoms with Gasteiger partial charge in [0.1, 0.15) is 21.5 Å². The Morgan fingerprint density at radius 3 is 2.47 bits per heavy atom. The molecular weight excluding hydrogens is 260 g/mol. The number of rotatable bonds is 2. The molecule has 1 amide bonds. The Bertz CT molecular complexity index is 546. The molecule has 0 aromatic carbocycles. The van der Waals surface area contributed by atoms with Crippen LogP contribution in [0.25, 0.3) is 0 Å². The third kappa shape index (κ3) is 2.51. The van der Waals surface area contributed by atoms with Crippen LogP contribution in [0.4, 0.5) is 10.7 Å². The SMILES string of the molecule is CC1(C)CCN(c2sc(C(N)=O)c(N)c2C#N)CC1. The zero-order valence-corrected chi connectivity index (χ0v) is 12.0. The highest BCUT2D eigenvalue weighted by atomic mass is 32.1. The van der Waals surface area contributed by atoms with Crippen molar-refractivity contribution in [2.75, 3.05) is 23.7 Å². The molecule has 1 aliphatic heterocycles. The number of hydrogen-bond donors (Lipinski definition) is 2. The van der Waals surface area contributed by atoms with Crippen molar-refractivity contribution >= 4 is 27.9 Å². The normalized spacial score (nSPS) is 18.1. The Hall–Kier alpha value is -1.74. The van der Waals surface area contributed by atoms with Gasteiger partial charge in [-0.2, -0.15) is 5.26 Å². The fraction of sp³-hybridized carbons (Fsp3) is 0.538. The van der Waals surface area contributed by atoms with E-state index in [4.69, 9.17) is 11.5 Å². The van der Waals surface area contributed by atoms with Crippen LogP contribution >= 0.6 is 11.3 Å². The summed E-state index contributed by atoms with van der Waals surface area (Å²) in [5.41, 5.74) is 12.1. The Labute approximate surface area is 116 Å². The van der Waals surface area contributed by atoms with Crippen molar-refractivity contribution in [1.82, 2.24) is 0 Å². The highest BCUT2D eigenvalue weighted by Crippen LogP contribution is 2.40. The van der Waals surface area contributed by atoms with Crippen LogP contribution in [0.2, 0.25) is 0 Å². The Morgan fingerprint density at radius 2 is 2.00 bits per heavy atom. The molecule has 19 heavy (non-hydrogen) atoms. The van der Waals surface area contributed by atoms with Gasteiger partial charge in [0.2, 0.25) is 0 Å². The van der Waals surface area contributed by atoms with Crippen molar-refractivity contribution in [3.63, 3.8) is 0 Å². The average molecular weight is 278 g/mol. The molecule has 5 nitrogen and oxygen atoms in total. The molecule has 0 saturated carbocycles. The maximum atomic E-state index is 11.3. The molecule has 1 aliphatic rings. The van der Waals surface area contributed by atoms with Gasteiger partial charge < -0.3 is 16.4 Å². The summed E-state index contributed by atoms with van der Waals surface area (Å²) < 4.78 is 0. The lowest BCUT2D eigenvalue weighted by molar-refractivity contribution is 0.100. The molecule has 6 heteroatoms. The van der Waals surface area contributed by atoms with Gasteiger partial charge in [0.05, 0.1) is 5.69 Å². The summed E-state index contributed by atoms with van der Waals surface area (Å²) in [6.45, 7) is 6.24. The third-order valence-corrected chi connectivity index (χ3v) is 4.95. The predicted octanol–water partition coefficient (Wildman–Crippen LogP) is 1.93. The maximum absolute atomic E-state index is 11.3. The summed E-state index contributed by atoms with van der Waals surface area (Å²) in [7, 11) is 0. The van der Waals surface area contributed by atoms with Crippen LogP contribution in [0, 0.1) is 16.7 Å². The Morgan fingerprint density at radius 1 is 1.42 bits per heavy atom. The maximum Gasteiger partial charge on any atom is 0.261 e. The van der Waals surface area contributed by atoms with Gasteiger partial charge in [-0.1, -0.05) is 13.8 Å². The smallest absolute Gasteiger partial charge is 0.261 e. The molecule has 2 rings (SSSR count). The third-order valence-electron chi connectivity index (χ3n) is 3.67. The van der Waals surface area contributed by atoms with Crippen molar-refractivity contribution in [2.24, 2.45) is 11.1 Å². The summed E-state index contributed by atoms with van der Waals surface area (Å²) in [4.78, 5) is 13.7. The van der Waals surface area contributed by atoms with E-state index < -0.39 is 5.91 Å². The van der Waals surface area contributed by atoms with Crippen LogP contribution in [-0.4, -0.2) is 19.0 Å². The van der Waals surface area contributed by atoms with Crippen molar-refractivity contribution < 1.29 is 4.79 Å². The summed E-state index contributed by atoms with van der Waals surface area (Å²) >= 11 is 1.23. The number of nitrogen functional groups attached to an aromatic ring is 1. The standard InChI is InChI=1S/C13H18N4OS/c1-13(2)3-5-17(6-4-13)12-8(7-14)9(15)10(19-12)11(16)18/h3-6,15H2,1-2H3,(H2,16,18). The molecule has 0 aliphatic carbocycles. The molecule has 0 spiro atoms. The number of nitrogens with two attached hydrogens (primary N) is 2. The summed E-state index contributed by atoms with van der Waals surface area (Å²) in [5, 5.41) is 10.0. The fourth-order valence-corrected chi connectivity index (χ4v) is 3.34. The first-order chi connectivity index (χ1) is 8.85. The summed E-state index contributed by atoms with van der Waals surface area (Å²) in [5.74, 6) is -0.567. The molecule has 2 heterocycles.